The van der Waals surface area contributed by atoms with Crippen molar-refractivity contribution in [1.82, 2.24) is 9.80 Å². The van der Waals surface area contributed by atoms with Gasteiger partial charge in [0.05, 0.1) is 7.11 Å². The Balaban J connectivity index is 0.00000196. The van der Waals surface area contributed by atoms with Crippen molar-refractivity contribution in [2.45, 2.75) is 13.5 Å². The van der Waals surface area contributed by atoms with Crippen LogP contribution in [0, 0.1) is 12.7 Å². The molecule has 0 atom stereocenters. The summed E-state index contributed by atoms with van der Waals surface area (Å²) in [5.74, 6) is 0.421. The molecule has 0 spiro atoms. The molecule has 1 heterocycles. The van der Waals surface area contributed by atoms with E-state index in [1.165, 1.54) is 12.1 Å². The number of nitrogens with two attached hydrogens (primary N) is 1. The molecule has 1 amide bonds. The number of aryl methyl sites for hydroxylation is 1. The summed E-state index contributed by atoms with van der Waals surface area (Å²) >= 11 is 0. The highest BCUT2D eigenvalue weighted by molar-refractivity contribution is 5.96. The molecule has 154 valence electrons. The summed E-state index contributed by atoms with van der Waals surface area (Å²) in [6.45, 7) is 5.23. The van der Waals surface area contributed by atoms with E-state index < -0.39 is 0 Å². The molecule has 1 aliphatic rings. The lowest BCUT2D eigenvalue weighted by molar-refractivity contribution is 0.0626. The number of piperazine rings is 1. The number of hydrogen-bond donors (Lipinski definition) is 1. The Bertz CT molecular complexity index is 812. The van der Waals surface area contributed by atoms with Gasteiger partial charge in [-0.2, -0.15) is 0 Å². The molecule has 1 fully saturated rings. The van der Waals surface area contributed by atoms with E-state index in [9.17, 15) is 9.18 Å². The molecule has 0 radical (unpaired) electrons. The van der Waals surface area contributed by atoms with Gasteiger partial charge in [-0.3, -0.25) is 9.69 Å². The summed E-state index contributed by atoms with van der Waals surface area (Å²) in [4.78, 5) is 16.8. The maximum atomic E-state index is 13.5. The van der Waals surface area contributed by atoms with Crippen LogP contribution in [0.2, 0.25) is 0 Å². The second-order valence-electron chi connectivity index (χ2n) is 6.60. The summed E-state index contributed by atoms with van der Waals surface area (Å²) in [6, 6.07) is 9.96. The second-order valence-corrected chi connectivity index (χ2v) is 6.60. The first kappa shape index (κ1) is 24.0. The van der Waals surface area contributed by atoms with Crippen LogP contribution in [0.4, 0.5) is 10.1 Å². The molecule has 3 rings (SSSR count). The van der Waals surface area contributed by atoms with Crippen LogP contribution in [-0.2, 0) is 6.54 Å². The van der Waals surface area contributed by atoms with Crippen LogP contribution >= 0.6 is 24.8 Å². The van der Waals surface area contributed by atoms with Gasteiger partial charge in [0.2, 0.25) is 0 Å². The van der Waals surface area contributed by atoms with Crippen molar-refractivity contribution in [2.75, 3.05) is 39.0 Å². The Hall–Kier alpha value is -2.02. The van der Waals surface area contributed by atoms with Crippen molar-refractivity contribution in [3.63, 3.8) is 0 Å². The van der Waals surface area contributed by atoms with Gasteiger partial charge in [-0.1, -0.05) is 6.07 Å². The number of ether oxygens (including phenoxy) is 1. The fourth-order valence-electron chi connectivity index (χ4n) is 3.26. The molecule has 2 aromatic rings. The van der Waals surface area contributed by atoms with Crippen LogP contribution < -0.4 is 10.5 Å². The number of nitrogens with zero attached hydrogens (tertiary/aromatic N) is 2. The summed E-state index contributed by atoms with van der Waals surface area (Å²) in [6.07, 6.45) is 0. The topological polar surface area (TPSA) is 58.8 Å². The smallest absolute Gasteiger partial charge is 0.254 e. The normalized spacial score (nSPS) is 14.0. The van der Waals surface area contributed by atoms with E-state index in [0.29, 0.717) is 36.6 Å². The summed E-state index contributed by atoms with van der Waals surface area (Å²) < 4.78 is 18.8. The number of anilines is 1. The van der Waals surface area contributed by atoms with Crippen LogP contribution in [0.3, 0.4) is 0 Å². The maximum absolute atomic E-state index is 13.5. The Labute approximate surface area is 177 Å². The number of halogens is 3. The third kappa shape index (κ3) is 5.50. The first-order valence-electron chi connectivity index (χ1n) is 8.68. The van der Waals surface area contributed by atoms with Gasteiger partial charge < -0.3 is 15.4 Å². The quantitative estimate of drug-likeness (QED) is 0.755. The highest BCUT2D eigenvalue weighted by Gasteiger charge is 2.24. The summed E-state index contributed by atoms with van der Waals surface area (Å²) in [7, 11) is 1.58. The number of hydrogen-bond acceptors (Lipinski definition) is 4. The predicted molar refractivity (Wildman–Crippen MR) is 114 cm³/mol. The zero-order valence-electron chi connectivity index (χ0n) is 16.0. The van der Waals surface area contributed by atoms with E-state index in [0.717, 1.165) is 24.2 Å². The lowest BCUT2D eigenvalue weighted by atomic mass is 10.1. The lowest BCUT2D eigenvalue weighted by Gasteiger charge is -2.35. The van der Waals surface area contributed by atoms with Crippen LogP contribution in [0.5, 0.6) is 5.75 Å². The summed E-state index contributed by atoms with van der Waals surface area (Å²) in [5, 5.41) is 0. The van der Waals surface area contributed by atoms with Crippen molar-refractivity contribution in [1.29, 1.82) is 0 Å². The molecule has 28 heavy (non-hydrogen) atoms. The molecule has 0 aliphatic carbocycles. The zero-order chi connectivity index (χ0) is 18.7. The van der Waals surface area contributed by atoms with E-state index in [-0.39, 0.29) is 36.5 Å². The molecule has 0 saturated carbocycles. The minimum atomic E-state index is -0.272. The minimum absolute atomic E-state index is 0. The van der Waals surface area contributed by atoms with Crippen molar-refractivity contribution < 1.29 is 13.9 Å². The minimum Gasteiger partial charge on any atom is -0.496 e. The lowest BCUT2D eigenvalue weighted by Crippen LogP contribution is -2.48. The molecule has 2 N–H and O–H groups in total. The number of carbonyl (C=O) groups is 1. The molecular formula is C20H26Cl2FN3O2. The van der Waals surface area contributed by atoms with E-state index in [2.05, 4.69) is 4.90 Å². The summed E-state index contributed by atoms with van der Waals surface area (Å²) in [5.41, 5.74) is 8.82. The van der Waals surface area contributed by atoms with Crippen molar-refractivity contribution in [3.05, 3.63) is 58.9 Å². The Morgan fingerprint density at radius 3 is 2.43 bits per heavy atom. The molecule has 0 bridgehead atoms. The van der Waals surface area contributed by atoms with E-state index in [1.54, 1.807) is 25.3 Å². The van der Waals surface area contributed by atoms with Gasteiger partial charge in [-0.05, 0) is 42.8 Å². The number of nitrogen functional groups attached to an aromatic ring is 1. The standard InChI is InChI=1S/C20H24FN3O2.2ClH/c1-14-3-5-17(22)12-18(14)20(25)24-9-7-23(8-10-24)13-15-11-16(21)4-6-19(15)26-2;;/h3-6,11-12H,7-10,13,22H2,1-2H3;2*1H. The molecule has 8 heteroatoms. The molecule has 1 aliphatic heterocycles. The first-order chi connectivity index (χ1) is 12.5. The number of rotatable bonds is 4. The predicted octanol–water partition coefficient (Wildman–Crippen LogP) is 3.53. The van der Waals surface area contributed by atoms with E-state index in [1.807, 2.05) is 17.9 Å². The van der Waals surface area contributed by atoms with Gasteiger partial charge in [-0.25, -0.2) is 4.39 Å². The van der Waals surface area contributed by atoms with Gasteiger partial charge in [0.15, 0.2) is 0 Å². The average Bonchev–Trinajstić information content (AvgIpc) is 2.64. The fourth-order valence-corrected chi connectivity index (χ4v) is 3.26. The molecule has 0 unspecified atom stereocenters. The van der Waals surface area contributed by atoms with Gasteiger partial charge in [0.1, 0.15) is 11.6 Å². The van der Waals surface area contributed by atoms with Crippen molar-refractivity contribution >= 4 is 36.4 Å². The van der Waals surface area contributed by atoms with Gasteiger partial charge in [-0.15, -0.1) is 24.8 Å². The van der Waals surface area contributed by atoms with Gasteiger partial charge in [0, 0.05) is 49.5 Å². The molecular weight excluding hydrogens is 404 g/mol. The molecule has 1 saturated heterocycles. The van der Waals surface area contributed by atoms with E-state index in [4.69, 9.17) is 10.5 Å². The number of methoxy groups -OCH3 is 1. The first-order valence-corrected chi connectivity index (χ1v) is 8.68. The second kappa shape index (κ2) is 10.5. The van der Waals surface area contributed by atoms with Crippen LogP contribution in [0.1, 0.15) is 21.5 Å². The Morgan fingerprint density at radius 1 is 1.11 bits per heavy atom. The SMILES string of the molecule is COc1ccc(F)cc1CN1CCN(C(=O)c2cc(N)ccc2C)CC1.Cl.Cl. The maximum Gasteiger partial charge on any atom is 0.254 e. The fraction of sp³-hybridized carbons (Fsp3) is 0.350. The largest absolute Gasteiger partial charge is 0.496 e. The van der Waals surface area contributed by atoms with Crippen LogP contribution in [-0.4, -0.2) is 49.0 Å². The number of benzene rings is 2. The highest BCUT2D eigenvalue weighted by atomic mass is 35.5. The number of carbonyl (C=O) groups excluding carboxylic acids is 1. The van der Waals surface area contributed by atoms with Crippen LogP contribution in [0.25, 0.3) is 0 Å². The van der Waals surface area contributed by atoms with Crippen molar-refractivity contribution in [3.8, 4) is 5.75 Å². The Morgan fingerprint density at radius 2 is 1.79 bits per heavy atom. The monoisotopic (exact) mass is 429 g/mol. The molecule has 0 aromatic heterocycles. The van der Waals surface area contributed by atoms with Crippen molar-refractivity contribution in [2.24, 2.45) is 0 Å². The van der Waals surface area contributed by atoms with Gasteiger partial charge in [0.25, 0.3) is 5.91 Å². The molecule has 2 aromatic carbocycles. The van der Waals surface area contributed by atoms with Gasteiger partial charge >= 0.3 is 0 Å². The highest BCUT2D eigenvalue weighted by Crippen LogP contribution is 2.22. The van der Waals surface area contributed by atoms with E-state index >= 15 is 0 Å². The third-order valence-corrected chi connectivity index (χ3v) is 4.79. The Kier molecular flexibility index (Phi) is 9.01. The zero-order valence-corrected chi connectivity index (χ0v) is 17.6. The molecule has 5 nitrogen and oxygen atoms in total. The number of amides is 1. The third-order valence-electron chi connectivity index (χ3n) is 4.79. The average molecular weight is 430 g/mol. The van der Waals surface area contributed by atoms with Crippen LogP contribution in [0.15, 0.2) is 36.4 Å².